The lowest BCUT2D eigenvalue weighted by atomic mass is 10.0. The van der Waals surface area contributed by atoms with E-state index in [0.29, 0.717) is 19.3 Å². The van der Waals surface area contributed by atoms with E-state index < -0.39 is 18.2 Å². The third-order valence-electron chi connectivity index (χ3n) is 14.2. The van der Waals surface area contributed by atoms with Gasteiger partial charge in [0.1, 0.15) is 6.10 Å². The van der Waals surface area contributed by atoms with Crippen LogP contribution in [0.15, 0.2) is 0 Å². The lowest BCUT2D eigenvalue weighted by Gasteiger charge is -2.24. The summed E-state index contributed by atoms with van der Waals surface area (Å²) in [4.78, 5) is 26.3. The van der Waals surface area contributed by atoms with Crippen LogP contribution in [0.3, 0.4) is 0 Å². The van der Waals surface area contributed by atoms with Crippen molar-refractivity contribution in [1.82, 2.24) is 5.32 Å². The number of aliphatic hydroxyl groups excluding tert-OH is 2. The van der Waals surface area contributed by atoms with Crippen molar-refractivity contribution < 1.29 is 24.5 Å². The average molecular weight is 921 g/mol. The number of esters is 1. The molecular weight excluding hydrogens is 803 g/mol. The van der Waals surface area contributed by atoms with Gasteiger partial charge in [-0.15, -0.1) is 0 Å². The van der Waals surface area contributed by atoms with Gasteiger partial charge in [0.25, 0.3) is 0 Å². The second kappa shape index (κ2) is 53.8. The first-order chi connectivity index (χ1) is 32.0. The molecule has 0 aliphatic heterocycles. The molecule has 0 radical (unpaired) electrons. The van der Waals surface area contributed by atoms with Gasteiger partial charge in [-0.05, 0) is 25.7 Å². The maximum atomic E-state index is 13.3. The van der Waals surface area contributed by atoms with Crippen LogP contribution in [-0.4, -0.2) is 46.9 Å². The van der Waals surface area contributed by atoms with Gasteiger partial charge in [-0.25, -0.2) is 0 Å². The van der Waals surface area contributed by atoms with E-state index >= 15 is 0 Å². The molecule has 0 heterocycles. The molecule has 0 aromatic carbocycles. The van der Waals surface area contributed by atoms with Crippen LogP contribution in [-0.2, 0) is 14.3 Å². The highest BCUT2D eigenvalue weighted by Crippen LogP contribution is 2.19. The van der Waals surface area contributed by atoms with Gasteiger partial charge in [0.2, 0.25) is 5.91 Å². The van der Waals surface area contributed by atoms with Gasteiger partial charge in [0.15, 0.2) is 0 Å². The van der Waals surface area contributed by atoms with Crippen LogP contribution in [0, 0.1) is 0 Å². The summed E-state index contributed by atoms with van der Waals surface area (Å²) in [7, 11) is 0. The predicted octanol–water partition coefficient (Wildman–Crippen LogP) is 18.3. The Morgan fingerprint density at radius 1 is 0.385 bits per heavy atom. The predicted molar refractivity (Wildman–Crippen MR) is 283 cm³/mol. The molecule has 3 unspecified atom stereocenters. The summed E-state index contributed by atoms with van der Waals surface area (Å²) in [5.74, 6) is -0.444. The summed E-state index contributed by atoms with van der Waals surface area (Å²) in [5, 5.41) is 23.9. The Morgan fingerprint density at radius 3 is 0.938 bits per heavy atom. The molecular formula is C59H117NO5. The van der Waals surface area contributed by atoms with Crippen LogP contribution in [0.25, 0.3) is 0 Å². The first-order valence-electron chi connectivity index (χ1n) is 29.8. The fourth-order valence-corrected chi connectivity index (χ4v) is 9.67. The van der Waals surface area contributed by atoms with Crippen molar-refractivity contribution in [2.75, 3.05) is 6.61 Å². The smallest absolute Gasteiger partial charge is 0.306 e. The van der Waals surface area contributed by atoms with Crippen molar-refractivity contribution in [1.29, 1.82) is 0 Å². The minimum atomic E-state index is -0.780. The minimum absolute atomic E-state index is 0.0885. The lowest BCUT2D eigenvalue weighted by Crippen LogP contribution is -2.46. The molecule has 0 aliphatic rings. The molecule has 0 aromatic rings. The highest BCUT2D eigenvalue weighted by Gasteiger charge is 2.24. The normalized spacial score (nSPS) is 13.0. The van der Waals surface area contributed by atoms with E-state index in [-0.39, 0.29) is 24.9 Å². The molecule has 388 valence electrons. The Kier molecular flexibility index (Phi) is 52.9. The lowest BCUT2D eigenvalue weighted by molar-refractivity contribution is -0.151. The highest BCUT2D eigenvalue weighted by atomic mass is 16.5. The Bertz CT molecular complexity index is 944. The second-order valence-electron chi connectivity index (χ2n) is 20.8. The van der Waals surface area contributed by atoms with E-state index in [2.05, 4.69) is 26.1 Å². The molecule has 0 aliphatic carbocycles. The molecule has 1 amide bonds. The van der Waals surface area contributed by atoms with E-state index in [0.717, 1.165) is 38.5 Å². The van der Waals surface area contributed by atoms with Gasteiger partial charge >= 0.3 is 5.97 Å². The van der Waals surface area contributed by atoms with E-state index in [1.807, 2.05) is 0 Å². The first-order valence-corrected chi connectivity index (χ1v) is 29.8. The summed E-state index contributed by atoms with van der Waals surface area (Å²) in [6.45, 7) is 6.54. The zero-order valence-corrected chi connectivity index (χ0v) is 44.4. The molecule has 0 saturated heterocycles. The molecule has 3 N–H and O–H groups in total. The Labute approximate surface area is 406 Å². The van der Waals surface area contributed by atoms with Crippen LogP contribution in [0.1, 0.15) is 342 Å². The largest absolute Gasteiger partial charge is 0.462 e. The Balaban J connectivity index is 4.41. The zero-order chi connectivity index (χ0) is 47.4. The van der Waals surface area contributed by atoms with Gasteiger partial charge in [-0.1, -0.05) is 303 Å². The van der Waals surface area contributed by atoms with Crippen LogP contribution >= 0.6 is 0 Å². The second-order valence-corrected chi connectivity index (χ2v) is 20.8. The third kappa shape index (κ3) is 49.1. The molecule has 65 heavy (non-hydrogen) atoms. The number of hydrogen-bond donors (Lipinski definition) is 3. The van der Waals surface area contributed by atoms with Gasteiger partial charge in [-0.3, -0.25) is 9.59 Å². The van der Waals surface area contributed by atoms with E-state index in [9.17, 15) is 19.8 Å². The van der Waals surface area contributed by atoms with Gasteiger partial charge in [0.05, 0.1) is 25.2 Å². The molecule has 0 bridgehead atoms. The molecule has 6 nitrogen and oxygen atoms in total. The van der Waals surface area contributed by atoms with Crippen LogP contribution in [0.4, 0.5) is 0 Å². The highest BCUT2D eigenvalue weighted by molar-refractivity contribution is 5.77. The Hall–Kier alpha value is -1.14. The maximum absolute atomic E-state index is 13.3. The van der Waals surface area contributed by atoms with Crippen molar-refractivity contribution >= 4 is 11.9 Å². The zero-order valence-electron chi connectivity index (χ0n) is 44.4. The van der Waals surface area contributed by atoms with Crippen LogP contribution in [0.2, 0.25) is 0 Å². The van der Waals surface area contributed by atoms with Gasteiger partial charge < -0.3 is 20.3 Å². The number of hydrogen-bond acceptors (Lipinski definition) is 5. The minimum Gasteiger partial charge on any atom is -0.462 e. The standard InChI is InChI=1S/C59H117NO5/c1-4-7-10-13-16-19-22-25-27-29-30-32-34-37-40-43-46-49-52-59(64)65-55(50-47-44-41-38-35-24-21-18-15-12-9-6-3)53-58(63)60-56(54-61)57(62)51-48-45-42-39-36-33-31-28-26-23-20-17-14-11-8-5-2/h55-57,61-62H,4-54H2,1-3H3,(H,60,63). The van der Waals surface area contributed by atoms with Crippen LogP contribution < -0.4 is 5.32 Å². The van der Waals surface area contributed by atoms with Crippen molar-refractivity contribution in [3.63, 3.8) is 0 Å². The fourth-order valence-electron chi connectivity index (χ4n) is 9.67. The fraction of sp³-hybridized carbons (Fsp3) is 0.966. The summed E-state index contributed by atoms with van der Waals surface area (Å²) >= 11 is 0. The number of aliphatic hydroxyl groups is 2. The molecule has 0 fully saturated rings. The molecule has 0 rings (SSSR count). The third-order valence-corrected chi connectivity index (χ3v) is 14.2. The van der Waals surface area contributed by atoms with Gasteiger partial charge in [-0.2, -0.15) is 0 Å². The molecule has 3 atom stereocenters. The maximum Gasteiger partial charge on any atom is 0.306 e. The van der Waals surface area contributed by atoms with Crippen LogP contribution in [0.5, 0.6) is 0 Å². The summed E-state index contributed by atoms with van der Waals surface area (Å²) in [6.07, 6.45) is 60.3. The summed E-state index contributed by atoms with van der Waals surface area (Å²) < 4.78 is 5.97. The van der Waals surface area contributed by atoms with Crippen molar-refractivity contribution in [2.24, 2.45) is 0 Å². The number of unbranched alkanes of at least 4 members (excludes halogenated alkanes) is 43. The number of carbonyl (C=O) groups is 2. The molecule has 0 aromatic heterocycles. The quantitative estimate of drug-likeness (QED) is 0.0417. The van der Waals surface area contributed by atoms with E-state index in [1.54, 1.807) is 0 Å². The molecule has 6 heteroatoms. The number of rotatable bonds is 55. The monoisotopic (exact) mass is 920 g/mol. The number of nitrogens with one attached hydrogen (secondary N) is 1. The molecule has 0 saturated carbocycles. The topological polar surface area (TPSA) is 95.9 Å². The SMILES string of the molecule is CCCCCCCCCCCCCCCCCCCCC(=O)OC(CCCCCCCCCCCCCC)CC(=O)NC(CO)C(O)CCCCCCCCCCCCCCCCCC. The van der Waals surface area contributed by atoms with Crippen molar-refractivity contribution in [3.05, 3.63) is 0 Å². The first kappa shape index (κ1) is 63.9. The summed E-state index contributed by atoms with van der Waals surface area (Å²) in [5.41, 5.74) is 0. The number of carbonyl (C=O) groups excluding carboxylic acids is 2. The molecule has 0 spiro atoms. The van der Waals surface area contributed by atoms with Gasteiger partial charge in [0, 0.05) is 6.42 Å². The van der Waals surface area contributed by atoms with E-state index in [4.69, 9.17) is 4.74 Å². The van der Waals surface area contributed by atoms with Crippen molar-refractivity contribution in [2.45, 2.75) is 360 Å². The van der Waals surface area contributed by atoms with E-state index in [1.165, 1.54) is 257 Å². The average Bonchev–Trinajstić information content (AvgIpc) is 3.30. The number of amides is 1. The Morgan fingerprint density at radius 2 is 0.646 bits per heavy atom. The summed E-state index contributed by atoms with van der Waals surface area (Å²) in [6, 6.07) is -0.693. The number of ether oxygens (including phenoxy) is 1. The van der Waals surface area contributed by atoms with Crippen molar-refractivity contribution in [3.8, 4) is 0 Å².